The lowest BCUT2D eigenvalue weighted by Crippen LogP contribution is -2.34. The van der Waals surface area contributed by atoms with Crippen LogP contribution in [0.2, 0.25) is 0 Å². The molecule has 0 aliphatic rings. The topological polar surface area (TPSA) is 21.7 Å². The van der Waals surface area contributed by atoms with Gasteiger partial charge in [-0.2, -0.15) is 4.57 Å². The molecule has 2 aromatic carbocycles. The average Bonchev–Trinajstić information content (AvgIpc) is 3.01. The van der Waals surface area contributed by atoms with Crippen molar-refractivity contribution < 1.29 is 4.57 Å². The molecule has 0 amide bonds. The van der Waals surface area contributed by atoms with Gasteiger partial charge in [0, 0.05) is 37.2 Å². The minimum absolute atomic E-state index is 1.13. The van der Waals surface area contributed by atoms with Crippen molar-refractivity contribution >= 4 is 10.8 Å². The van der Waals surface area contributed by atoms with Crippen LogP contribution in [-0.4, -0.2) is 9.55 Å². The van der Waals surface area contributed by atoms with Crippen molar-refractivity contribution in [2.45, 2.75) is 13.8 Å². The molecule has 0 atom stereocenters. The Morgan fingerprint density at radius 1 is 1.00 bits per heavy atom. The van der Waals surface area contributed by atoms with Crippen molar-refractivity contribution in [2.24, 2.45) is 7.05 Å². The first-order chi connectivity index (χ1) is 11.7. The van der Waals surface area contributed by atoms with Gasteiger partial charge >= 0.3 is 0 Å². The summed E-state index contributed by atoms with van der Waals surface area (Å²) in [6.45, 7) is 4.34. The Morgan fingerprint density at radius 2 is 1.79 bits per heavy atom. The van der Waals surface area contributed by atoms with Crippen LogP contribution in [0.25, 0.3) is 27.7 Å². The van der Waals surface area contributed by atoms with E-state index < -0.39 is 0 Å². The molecule has 4 rings (SSSR count). The lowest BCUT2D eigenvalue weighted by Gasteiger charge is -2.13. The van der Waals surface area contributed by atoms with E-state index in [2.05, 4.69) is 82.7 Å². The van der Waals surface area contributed by atoms with Gasteiger partial charge in [0.15, 0.2) is 11.9 Å². The van der Waals surface area contributed by atoms with Gasteiger partial charge in [-0.3, -0.25) is 0 Å². The first-order valence-corrected chi connectivity index (χ1v) is 8.13. The fourth-order valence-electron chi connectivity index (χ4n) is 3.40. The predicted octanol–water partition coefficient (Wildman–Crippen LogP) is 4.13. The normalized spacial score (nSPS) is 11.1. The maximum absolute atomic E-state index is 4.30. The molecule has 0 aliphatic carbocycles. The average molecular weight is 314 g/mol. The van der Waals surface area contributed by atoms with Gasteiger partial charge in [-0.25, -0.2) is 4.98 Å². The Hall–Kier alpha value is -2.94. The van der Waals surface area contributed by atoms with Crippen molar-refractivity contribution in [2.75, 3.05) is 0 Å². The SMILES string of the molecule is Cc1c(-c2cncn2C)cc2ccccc2c1-[n+]1ccccc1C. The Kier molecular flexibility index (Phi) is 3.42. The summed E-state index contributed by atoms with van der Waals surface area (Å²) in [4.78, 5) is 4.30. The van der Waals surface area contributed by atoms with E-state index in [0.29, 0.717) is 0 Å². The van der Waals surface area contributed by atoms with Crippen LogP contribution in [-0.2, 0) is 7.05 Å². The van der Waals surface area contributed by atoms with Gasteiger partial charge in [-0.15, -0.1) is 0 Å². The van der Waals surface area contributed by atoms with Crippen LogP contribution in [0.5, 0.6) is 0 Å². The molecule has 0 saturated heterocycles. The fourth-order valence-corrected chi connectivity index (χ4v) is 3.40. The number of benzene rings is 2. The summed E-state index contributed by atoms with van der Waals surface area (Å²) in [6, 6.07) is 17.1. The Balaban J connectivity index is 2.14. The number of aromatic nitrogens is 3. The van der Waals surface area contributed by atoms with Crippen LogP contribution in [0.1, 0.15) is 11.3 Å². The van der Waals surface area contributed by atoms with Gasteiger partial charge in [0.25, 0.3) is 0 Å². The molecule has 4 aromatic rings. The van der Waals surface area contributed by atoms with Crippen LogP contribution in [0.15, 0.2) is 67.3 Å². The number of pyridine rings is 1. The molecule has 0 saturated carbocycles. The van der Waals surface area contributed by atoms with Gasteiger partial charge in [-0.1, -0.05) is 24.3 Å². The molecule has 3 heteroatoms. The van der Waals surface area contributed by atoms with Crippen molar-refractivity contribution in [1.82, 2.24) is 9.55 Å². The zero-order valence-corrected chi connectivity index (χ0v) is 14.2. The smallest absolute Gasteiger partial charge is 0.222 e. The highest BCUT2D eigenvalue weighted by Gasteiger charge is 2.21. The minimum atomic E-state index is 1.13. The fraction of sp³-hybridized carbons (Fsp3) is 0.143. The number of rotatable bonds is 2. The van der Waals surface area contributed by atoms with E-state index in [1.807, 2.05) is 19.6 Å². The second-order valence-corrected chi connectivity index (χ2v) is 6.22. The molecule has 3 nitrogen and oxygen atoms in total. The minimum Gasteiger partial charge on any atom is -0.334 e. The van der Waals surface area contributed by atoms with Gasteiger partial charge in [0.2, 0.25) is 5.69 Å². The Bertz CT molecular complexity index is 1040. The van der Waals surface area contributed by atoms with Gasteiger partial charge < -0.3 is 4.57 Å². The molecular weight excluding hydrogens is 294 g/mol. The number of nitrogens with zero attached hydrogens (tertiary/aromatic N) is 3. The van der Waals surface area contributed by atoms with E-state index in [0.717, 1.165) is 5.69 Å². The lowest BCUT2D eigenvalue weighted by molar-refractivity contribution is -0.601. The maximum atomic E-state index is 4.30. The third kappa shape index (κ3) is 2.21. The lowest BCUT2D eigenvalue weighted by atomic mass is 9.96. The summed E-state index contributed by atoms with van der Waals surface area (Å²) in [5.74, 6) is 0. The summed E-state index contributed by atoms with van der Waals surface area (Å²) in [6.07, 6.45) is 5.92. The highest BCUT2D eigenvalue weighted by atomic mass is 15.0. The van der Waals surface area contributed by atoms with Crippen LogP contribution >= 0.6 is 0 Å². The van der Waals surface area contributed by atoms with Crippen LogP contribution in [0.3, 0.4) is 0 Å². The van der Waals surface area contributed by atoms with E-state index in [9.17, 15) is 0 Å². The summed E-state index contributed by atoms with van der Waals surface area (Å²) in [7, 11) is 2.04. The zero-order chi connectivity index (χ0) is 16.7. The molecule has 0 spiro atoms. The van der Waals surface area contributed by atoms with Crippen LogP contribution in [0, 0.1) is 13.8 Å². The monoisotopic (exact) mass is 314 g/mol. The molecule has 0 radical (unpaired) electrons. The third-order valence-electron chi connectivity index (χ3n) is 4.67. The summed E-state index contributed by atoms with van der Waals surface area (Å²) >= 11 is 0. The Morgan fingerprint density at radius 3 is 2.54 bits per heavy atom. The zero-order valence-electron chi connectivity index (χ0n) is 14.2. The largest absolute Gasteiger partial charge is 0.334 e. The number of hydrogen-bond donors (Lipinski definition) is 0. The molecule has 0 aliphatic heterocycles. The maximum Gasteiger partial charge on any atom is 0.222 e. The molecule has 0 N–H and O–H groups in total. The standard InChI is InChI=1S/C21H20N3/c1-15-8-6-7-11-24(15)21-16(2)19(20-13-22-14-23(20)3)12-17-9-4-5-10-18(17)21/h4-14H,1-3H3/q+1. The summed E-state index contributed by atoms with van der Waals surface area (Å²) in [5, 5.41) is 2.50. The number of hydrogen-bond acceptors (Lipinski definition) is 1. The van der Waals surface area contributed by atoms with E-state index >= 15 is 0 Å². The van der Waals surface area contributed by atoms with E-state index in [-0.39, 0.29) is 0 Å². The number of fused-ring (bicyclic) bond motifs is 1. The number of aryl methyl sites for hydroxylation is 2. The first kappa shape index (κ1) is 14.6. The van der Waals surface area contributed by atoms with Crippen molar-refractivity contribution in [3.8, 4) is 16.9 Å². The highest BCUT2D eigenvalue weighted by molar-refractivity contribution is 5.94. The summed E-state index contributed by atoms with van der Waals surface area (Å²) in [5.41, 5.74) is 6.07. The molecule has 2 heterocycles. The molecular formula is C21H20N3+. The molecule has 0 bridgehead atoms. The third-order valence-corrected chi connectivity index (χ3v) is 4.67. The van der Waals surface area contributed by atoms with Crippen LogP contribution < -0.4 is 4.57 Å². The second kappa shape index (κ2) is 5.60. The molecule has 24 heavy (non-hydrogen) atoms. The van der Waals surface area contributed by atoms with Gasteiger partial charge in [0.1, 0.15) is 0 Å². The predicted molar refractivity (Wildman–Crippen MR) is 97.2 cm³/mol. The van der Waals surface area contributed by atoms with E-state index in [1.54, 1.807) is 0 Å². The number of imidazole rings is 1. The van der Waals surface area contributed by atoms with Gasteiger partial charge in [0.05, 0.1) is 23.6 Å². The van der Waals surface area contributed by atoms with Crippen LogP contribution in [0.4, 0.5) is 0 Å². The molecule has 118 valence electrons. The highest BCUT2D eigenvalue weighted by Crippen LogP contribution is 2.32. The molecule has 2 aromatic heterocycles. The Labute approximate surface area is 141 Å². The van der Waals surface area contributed by atoms with Gasteiger partial charge in [-0.05, 0) is 24.4 Å². The molecule has 0 unspecified atom stereocenters. The van der Waals surface area contributed by atoms with Crippen molar-refractivity contribution in [3.05, 3.63) is 78.5 Å². The quantitative estimate of drug-likeness (QED) is 0.510. The molecule has 0 fully saturated rings. The summed E-state index contributed by atoms with van der Waals surface area (Å²) < 4.78 is 4.35. The van der Waals surface area contributed by atoms with Crippen molar-refractivity contribution in [3.63, 3.8) is 0 Å². The van der Waals surface area contributed by atoms with E-state index in [1.165, 1.54) is 33.3 Å². The van der Waals surface area contributed by atoms with E-state index in [4.69, 9.17) is 0 Å². The van der Waals surface area contributed by atoms with Crippen molar-refractivity contribution in [1.29, 1.82) is 0 Å². The first-order valence-electron chi connectivity index (χ1n) is 8.13. The second-order valence-electron chi connectivity index (χ2n) is 6.22.